The molecule has 4 rings (SSSR count). The highest BCUT2D eigenvalue weighted by atomic mass is 79.9. The lowest BCUT2D eigenvalue weighted by Crippen LogP contribution is -2.14. The van der Waals surface area contributed by atoms with Crippen LogP contribution in [0.15, 0.2) is 92.4 Å². The zero-order valence-corrected chi connectivity index (χ0v) is 22.0. The molecule has 6 nitrogen and oxygen atoms in total. The van der Waals surface area contributed by atoms with Crippen LogP contribution in [0.4, 0.5) is 10.8 Å². The van der Waals surface area contributed by atoms with Crippen LogP contribution in [-0.4, -0.2) is 25.1 Å². The molecule has 0 radical (unpaired) electrons. The maximum Gasteiger partial charge on any atom is 0.261 e. The standard InChI is InChI=1S/C24H20BrN3O3S3/c1-16-2-12-21(13-3-16)34(30,31)28-19-8-10-20(11-9-19)32-15-23(29)27-24-26-22(14-33-24)17-4-6-18(25)7-5-17/h2-14,28H,15H2,1H3,(H,26,27,29). The summed E-state index contributed by atoms with van der Waals surface area (Å²) in [5, 5.41) is 5.28. The summed E-state index contributed by atoms with van der Waals surface area (Å²) in [6, 6.07) is 21.4. The zero-order chi connectivity index (χ0) is 24.1. The number of hydrogen-bond acceptors (Lipinski definition) is 6. The van der Waals surface area contributed by atoms with Gasteiger partial charge in [0.25, 0.3) is 10.0 Å². The molecule has 4 aromatic rings. The summed E-state index contributed by atoms with van der Waals surface area (Å²) in [7, 11) is -3.65. The minimum atomic E-state index is -3.65. The van der Waals surface area contributed by atoms with Crippen molar-refractivity contribution in [2.24, 2.45) is 0 Å². The normalized spacial score (nSPS) is 11.2. The smallest absolute Gasteiger partial charge is 0.261 e. The van der Waals surface area contributed by atoms with E-state index in [0.29, 0.717) is 10.8 Å². The van der Waals surface area contributed by atoms with Crippen LogP contribution in [0.5, 0.6) is 0 Å². The van der Waals surface area contributed by atoms with Crippen molar-refractivity contribution in [1.82, 2.24) is 4.98 Å². The molecule has 34 heavy (non-hydrogen) atoms. The van der Waals surface area contributed by atoms with Crippen molar-refractivity contribution in [3.63, 3.8) is 0 Å². The number of anilines is 2. The number of aryl methyl sites for hydroxylation is 1. The highest BCUT2D eigenvalue weighted by Crippen LogP contribution is 2.27. The van der Waals surface area contributed by atoms with Crippen LogP contribution in [-0.2, 0) is 14.8 Å². The molecule has 1 heterocycles. The largest absolute Gasteiger partial charge is 0.301 e. The molecule has 0 spiro atoms. The van der Waals surface area contributed by atoms with E-state index in [0.717, 1.165) is 26.2 Å². The highest BCUT2D eigenvalue weighted by molar-refractivity contribution is 9.10. The van der Waals surface area contributed by atoms with Gasteiger partial charge in [-0.2, -0.15) is 0 Å². The van der Waals surface area contributed by atoms with Crippen molar-refractivity contribution in [3.8, 4) is 11.3 Å². The van der Waals surface area contributed by atoms with E-state index in [1.807, 2.05) is 36.6 Å². The second-order valence-electron chi connectivity index (χ2n) is 7.32. The SMILES string of the molecule is Cc1ccc(S(=O)(=O)Nc2ccc(SCC(=O)Nc3nc(-c4ccc(Br)cc4)cs3)cc2)cc1. The van der Waals surface area contributed by atoms with E-state index in [9.17, 15) is 13.2 Å². The van der Waals surface area contributed by atoms with E-state index in [1.165, 1.54) is 23.1 Å². The number of benzene rings is 3. The van der Waals surface area contributed by atoms with Crippen molar-refractivity contribution >= 4 is 65.8 Å². The van der Waals surface area contributed by atoms with Crippen LogP contribution in [0.2, 0.25) is 0 Å². The lowest BCUT2D eigenvalue weighted by Gasteiger charge is -2.09. The molecule has 0 aliphatic carbocycles. The van der Waals surface area contributed by atoms with Crippen LogP contribution < -0.4 is 10.0 Å². The van der Waals surface area contributed by atoms with E-state index in [1.54, 1.807) is 48.5 Å². The Morgan fingerprint density at radius 1 is 1.00 bits per heavy atom. The van der Waals surface area contributed by atoms with Gasteiger partial charge in [0.05, 0.1) is 16.3 Å². The first-order valence-corrected chi connectivity index (χ1v) is 14.3. The highest BCUT2D eigenvalue weighted by Gasteiger charge is 2.14. The Balaban J connectivity index is 1.30. The third-order valence-corrected chi connectivity index (χ3v) is 8.39. The number of thiazole rings is 1. The number of aromatic nitrogens is 1. The van der Waals surface area contributed by atoms with Gasteiger partial charge in [-0.05, 0) is 55.5 Å². The van der Waals surface area contributed by atoms with E-state index in [4.69, 9.17) is 0 Å². The second-order valence-corrected chi connectivity index (χ2v) is 11.8. The Labute approximate surface area is 215 Å². The van der Waals surface area contributed by atoms with Crippen LogP contribution in [0.25, 0.3) is 11.3 Å². The van der Waals surface area contributed by atoms with Gasteiger partial charge in [0.1, 0.15) is 0 Å². The molecule has 1 amide bonds. The third kappa shape index (κ3) is 6.47. The Hall–Kier alpha value is -2.66. The maximum absolute atomic E-state index is 12.5. The van der Waals surface area contributed by atoms with Gasteiger partial charge >= 0.3 is 0 Å². The minimum absolute atomic E-state index is 0.161. The predicted octanol–water partition coefficient (Wildman–Crippen LogP) is 6.41. The van der Waals surface area contributed by atoms with Crippen molar-refractivity contribution in [1.29, 1.82) is 0 Å². The Bertz CT molecular complexity index is 1390. The predicted molar refractivity (Wildman–Crippen MR) is 143 cm³/mol. The van der Waals surface area contributed by atoms with E-state index in [-0.39, 0.29) is 16.6 Å². The number of rotatable bonds is 8. The fraction of sp³-hybridized carbons (Fsp3) is 0.0833. The first-order valence-electron chi connectivity index (χ1n) is 10.1. The molecule has 0 unspecified atom stereocenters. The molecule has 2 N–H and O–H groups in total. The topological polar surface area (TPSA) is 88.2 Å². The molecule has 174 valence electrons. The number of amides is 1. The van der Waals surface area contributed by atoms with E-state index < -0.39 is 10.0 Å². The second kappa shape index (κ2) is 10.7. The van der Waals surface area contributed by atoms with Gasteiger partial charge in [0.15, 0.2) is 5.13 Å². The molecule has 0 saturated carbocycles. The summed E-state index contributed by atoms with van der Waals surface area (Å²) in [5.74, 6) is 0.0487. The summed E-state index contributed by atoms with van der Waals surface area (Å²) >= 11 is 6.15. The average molecular weight is 575 g/mol. The van der Waals surface area contributed by atoms with Gasteiger partial charge in [-0.1, -0.05) is 45.8 Å². The van der Waals surface area contributed by atoms with Crippen molar-refractivity contribution in [2.75, 3.05) is 15.8 Å². The maximum atomic E-state index is 12.5. The number of sulfonamides is 1. The molecule has 1 aromatic heterocycles. The van der Waals surface area contributed by atoms with Crippen LogP contribution in [0.3, 0.4) is 0 Å². The van der Waals surface area contributed by atoms with Gasteiger partial charge in [0, 0.05) is 26.0 Å². The molecule has 0 saturated heterocycles. The van der Waals surface area contributed by atoms with Gasteiger partial charge in [-0.15, -0.1) is 23.1 Å². The lowest BCUT2D eigenvalue weighted by atomic mass is 10.2. The van der Waals surface area contributed by atoms with Gasteiger partial charge in [-0.25, -0.2) is 13.4 Å². The van der Waals surface area contributed by atoms with Gasteiger partial charge in [-0.3, -0.25) is 9.52 Å². The number of hydrogen-bond donors (Lipinski definition) is 2. The first-order chi connectivity index (χ1) is 16.3. The van der Waals surface area contributed by atoms with Crippen molar-refractivity contribution in [3.05, 3.63) is 88.2 Å². The summed E-state index contributed by atoms with van der Waals surface area (Å²) in [6.45, 7) is 1.90. The molecule has 0 bridgehead atoms. The average Bonchev–Trinajstić information content (AvgIpc) is 3.27. The Morgan fingerprint density at radius 3 is 2.35 bits per heavy atom. The Morgan fingerprint density at radius 2 is 1.68 bits per heavy atom. The quantitative estimate of drug-likeness (QED) is 0.238. The number of nitrogens with one attached hydrogen (secondary N) is 2. The Kier molecular flexibility index (Phi) is 7.72. The summed E-state index contributed by atoms with van der Waals surface area (Å²) < 4.78 is 28.6. The summed E-state index contributed by atoms with van der Waals surface area (Å²) in [6.07, 6.45) is 0. The minimum Gasteiger partial charge on any atom is -0.301 e. The molecule has 0 aliphatic rings. The van der Waals surface area contributed by atoms with E-state index >= 15 is 0 Å². The number of carbonyl (C=O) groups is 1. The third-order valence-electron chi connectivity index (χ3n) is 4.70. The molecular formula is C24H20BrN3O3S3. The number of carbonyl (C=O) groups excluding carboxylic acids is 1. The molecule has 0 atom stereocenters. The van der Waals surface area contributed by atoms with Gasteiger partial charge in [0.2, 0.25) is 5.91 Å². The van der Waals surface area contributed by atoms with Gasteiger partial charge < -0.3 is 5.32 Å². The van der Waals surface area contributed by atoms with Crippen molar-refractivity contribution < 1.29 is 13.2 Å². The zero-order valence-electron chi connectivity index (χ0n) is 18.0. The first kappa shape index (κ1) is 24.5. The number of thioether (sulfide) groups is 1. The summed E-state index contributed by atoms with van der Waals surface area (Å²) in [4.78, 5) is 17.9. The summed E-state index contributed by atoms with van der Waals surface area (Å²) in [5.41, 5.74) is 3.23. The monoisotopic (exact) mass is 573 g/mol. The molecule has 3 aromatic carbocycles. The van der Waals surface area contributed by atoms with Crippen LogP contribution in [0.1, 0.15) is 5.56 Å². The molecular weight excluding hydrogens is 554 g/mol. The molecule has 10 heteroatoms. The van der Waals surface area contributed by atoms with Crippen molar-refractivity contribution in [2.45, 2.75) is 16.7 Å². The van der Waals surface area contributed by atoms with E-state index in [2.05, 4.69) is 31.0 Å². The number of nitrogens with zero attached hydrogens (tertiary/aromatic N) is 1. The van der Waals surface area contributed by atoms with Crippen LogP contribution in [0, 0.1) is 6.92 Å². The fourth-order valence-electron chi connectivity index (χ4n) is 2.94. The lowest BCUT2D eigenvalue weighted by molar-refractivity contribution is -0.113. The van der Waals surface area contributed by atoms with Crippen LogP contribution >= 0.6 is 39.0 Å². The number of halogens is 1. The molecule has 0 aliphatic heterocycles. The molecule has 0 fully saturated rings. The fourth-order valence-corrected chi connectivity index (χ4v) is 5.70.